The minimum absolute atomic E-state index is 0.276. The molecule has 0 saturated carbocycles. The van der Waals surface area contributed by atoms with Crippen molar-refractivity contribution in [2.45, 2.75) is 6.42 Å². The van der Waals surface area contributed by atoms with E-state index in [1.54, 1.807) is 0 Å². The Morgan fingerprint density at radius 2 is 1.39 bits per heavy atom. The van der Waals surface area contributed by atoms with Gasteiger partial charge in [-0.15, -0.1) is 0 Å². The van der Waals surface area contributed by atoms with Crippen LogP contribution in [0.15, 0.2) is 84.9 Å². The highest BCUT2D eigenvalue weighted by Gasteiger charge is 2.07. The largest absolute Gasteiger partial charge is 0.323 e. The molecule has 4 rings (SSSR count). The molecule has 0 aliphatic carbocycles. The molecule has 6 heteroatoms. The summed E-state index contributed by atoms with van der Waals surface area (Å²) in [5.41, 5.74) is 3.52. The van der Waals surface area contributed by atoms with Crippen LogP contribution in [-0.2, 0) is 6.42 Å². The first-order chi connectivity index (χ1) is 13.8. The Bertz CT molecular complexity index is 1040. The van der Waals surface area contributed by atoms with Crippen molar-refractivity contribution in [3.05, 3.63) is 96.3 Å². The number of aromatic amines is 1. The Kier molecular flexibility index (Phi) is 5.11. The molecule has 0 aliphatic heterocycles. The average molecular weight is 369 g/mol. The minimum atomic E-state index is -0.276. The van der Waals surface area contributed by atoms with Crippen molar-refractivity contribution in [1.82, 2.24) is 15.2 Å². The fourth-order valence-corrected chi connectivity index (χ4v) is 2.80. The lowest BCUT2D eigenvalue weighted by atomic mass is 10.1. The maximum atomic E-state index is 12.0. The van der Waals surface area contributed by atoms with Gasteiger partial charge >= 0.3 is 6.03 Å². The van der Waals surface area contributed by atoms with E-state index < -0.39 is 0 Å². The lowest BCUT2D eigenvalue weighted by Crippen LogP contribution is -2.19. The van der Waals surface area contributed by atoms with Crippen molar-refractivity contribution in [3.8, 4) is 11.4 Å². The minimum Gasteiger partial charge on any atom is -0.308 e. The van der Waals surface area contributed by atoms with Crippen LogP contribution in [0.4, 0.5) is 16.2 Å². The second kappa shape index (κ2) is 8.18. The molecule has 0 fully saturated rings. The molecule has 0 atom stereocenters. The van der Waals surface area contributed by atoms with Crippen molar-refractivity contribution in [2.24, 2.45) is 0 Å². The molecule has 0 radical (unpaired) electrons. The molecule has 3 N–H and O–H groups in total. The molecule has 6 nitrogen and oxygen atoms in total. The monoisotopic (exact) mass is 369 g/mol. The number of amides is 2. The molecular weight excluding hydrogens is 350 g/mol. The number of carbonyl (C=O) groups is 1. The summed E-state index contributed by atoms with van der Waals surface area (Å²) in [6, 6.07) is 26.6. The second-order valence-electron chi connectivity index (χ2n) is 6.29. The van der Waals surface area contributed by atoms with Gasteiger partial charge in [0.25, 0.3) is 0 Å². The summed E-state index contributed by atoms with van der Waals surface area (Å²) in [6.07, 6.45) is 0.635. The van der Waals surface area contributed by atoms with Crippen LogP contribution >= 0.6 is 0 Å². The Balaban J connectivity index is 1.36. The van der Waals surface area contributed by atoms with E-state index in [2.05, 4.69) is 25.8 Å². The fourth-order valence-electron chi connectivity index (χ4n) is 2.80. The molecular formula is C22H19N5O. The van der Waals surface area contributed by atoms with Gasteiger partial charge in [0.05, 0.1) is 0 Å². The van der Waals surface area contributed by atoms with Crippen LogP contribution < -0.4 is 10.6 Å². The number of hydrogen-bond donors (Lipinski definition) is 3. The highest BCUT2D eigenvalue weighted by molar-refractivity contribution is 5.99. The number of urea groups is 1. The summed E-state index contributed by atoms with van der Waals surface area (Å²) in [4.78, 5) is 16.6. The average Bonchev–Trinajstić information content (AvgIpc) is 3.19. The number of anilines is 2. The molecule has 28 heavy (non-hydrogen) atoms. The Morgan fingerprint density at radius 1 is 0.786 bits per heavy atom. The van der Waals surface area contributed by atoms with Gasteiger partial charge in [-0.25, -0.2) is 9.78 Å². The summed E-state index contributed by atoms with van der Waals surface area (Å²) in [6.45, 7) is 0. The lowest BCUT2D eigenvalue weighted by Gasteiger charge is -2.08. The standard InChI is InChI=1S/C22H19N5O/c28-22(23-18-9-5-2-6-10-18)24-19-13-11-16(12-14-19)15-20-25-21(27-26-20)17-7-3-1-4-8-17/h1-14H,15H2,(H2,23,24,28)(H,25,26,27). The molecule has 0 bridgehead atoms. The van der Waals surface area contributed by atoms with Crippen LogP contribution in [0.2, 0.25) is 0 Å². The first-order valence-corrected chi connectivity index (χ1v) is 8.95. The van der Waals surface area contributed by atoms with Crippen LogP contribution in [0.25, 0.3) is 11.4 Å². The molecule has 2 amide bonds. The molecule has 1 aromatic heterocycles. The van der Waals surface area contributed by atoms with Gasteiger partial charge in [-0.3, -0.25) is 5.10 Å². The molecule has 3 aromatic carbocycles. The summed E-state index contributed by atoms with van der Waals surface area (Å²) < 4.78 is 0. The zero-order chi connectivity index (χ0) is 19.2. The highest BCUT2D eigenvalue weighted by atomic mass is 16.2. The fraction of sp³-hybridized carbons (Fsp3) is 0.0455. The van der Waals surface area contributed by atoms with Crippen molar-refractivity contribution in [1.29, 1.82) is 0 Å². The molecule has 0 saturated heterocycles. The third-order valence-electron chi connectivity index (χ3n) is 4.18. The van der Waals surface area contributed by atoms with Gasteiger partial charge < -0.3 is 10.6 Å². The lowest BCUT2D eigenvalue weighted by molar-refractivity contribution is 0.262. The SMILES string of the molecule is O=C(Nc1ccccc1)Nc1ccc(Cc2nc(-c3ccccc3)n[nH]2)cc1. The summed E-state index contributed by atoms with van der Waals surface area (Å²) in [7, 11) is 0. The zero-order valence-electron chi connectivity index (χ0n) is 15.1. The van der Waals surface area contributed by atoms with E-state index in [9.17, 15) is 4.79 Å². The summed E-state index contributed by atoms with van der Waals surface area (Å²) in [5, 5.41) is 12.9. The Hall–Kier alpha value is -3.93. The Morgan fingerprint density at radius 3 is 2.07 bits per heavy atom. The van der Waals surface area contributed by atoms with Gasteiger partial charge in [-0.05, 0) is 29.8 Å². The number of benzene rings is 3. The number of para-hydroxylation sites is 1. The van der Waals surface area contributed by atoms with Crippen molar-refractivity contribution >= 4 is 17.4 Å². The van der Waals surface area contributed by atoms with Crippen LogP contribution in [0.3, 0.4) is 0 Å². The molecule has 4 aromatic rings. The third kappa shape index (κ3) is 4.42. The van der Waals surface area contributed by atoms with E-state index in [1.165, 1.54) is 0 Å². The molecule has 0 aliphatic rings. The van der Waals surface area contributed by atoms with Crippen LogP contribution in [-0.4, -0.2) is 21.2 Å². The third-order valence-corrected chi connectivity index (χ3v) is 4.18. The van der Waals surface area contributed by atoms with E-state index in [4.69, 9.17) is 0 Å². The first kappa shape index (κ1) is 17.5. The Labute approximate surface area is 162 Å². The van der Waals surface area contributed by atoms with Crippen LogP contribution in [0.5, 0.6) is 0 Å². The van der Waals surface area contributed by atoms with Gasteiger partial charge in [0, 0.05) is 23.4 Å². The number of H-pyrrole nitrogens is 1. The number of aromatic nitrogens is 3. The number of carbonyl (C=O) groups excluding carboxylic acids is 1. The van der Waals surface area contributed by atoms with Gasteiger partial charge in [0.15, 0.2) is 5.82 Å². The molecule has 0 spiro atoms. The van der Waals surface area contributed by atoms with E-state index in [1.807, 2.05) is 84.9 Å². The number of hydrogen-bond acceptors (Lipinski definition) is 3. The highest BCUT2D eigenvalue weighted by Crippen LogP contribution is 2.16. The predicted octanol–water partition coefficient (Wildman–Crippen LogP) is 4.71. The van der Waals surface area contributed by atoms with Crippen molar-refractivity contribution < 1.29 is 4.79 Å². The summed E-state index contributed by atoms with van der Waals surface area (Å²) in [5.74, 6) is 1.48. The molecule has 138 valence electrons. The van der Waals surface area contributed by atoms with E-state index in [-0.39, 0.29) is 6.03 Å². The zero-order valence-corrected chi connectivity index (χ0v) is 15.1. The maximum Gasteiger partial charge on any atom is 0.323 e. The number of rotatable bonds is 5. The topological polar surface area (TPSA) is 82.7 Å². The van der Waals surface area contributed by atoms with Crippen molar-refractivity contribution in [2.75, 3.05) is 10.6 Å². The van der Waals surface area contributed by atoms with E-state index in [0.717, 1.165) is 28.3 Å². The molecule has 0 unspecified atom stereocenters. The van der Waals surface area contributed by atoms with E-state index in [0.29, 0.717) is 12.2 Å². The van der Waals surface area contributed by atoms with Gasteiger partial charge in [0.1, 0.15) is 5.82 Å². The van der Waals surface area contributed by atoms with Crippen LogP contribution in [0, 0.1) is 0 Å². The predicted molar refractivity (Wildman–Crippen MR) is 110 cm³/mol. The number of nitrogens with one attached hydrogen (secondary N) is 3. The maximum absolute atomic E-state index is 12.0. The van der Waals surface area contributed by atoms with Gasteiger partial charge in [-0.1, -0.05) is 60.7 Å². The van der Waals surface area contributed by atoms with Crippen LogP contribution in [0.1, 0.15) is 11.4 Å². The second-order valence-corrected chi connectivity index (χ2v) is 6.29. The van der Waals surface area contributed by atoms with Gasteiger partial charge in [-0.2, -0.15) is 5.10 Å². The number of nitrogens with zero attached hydrogens (tertiary/aromatic N) is 2. The smallest absolute Gasteiger partial charge is 0.308 e. The quantitative estimate of drug-likeness (QED) is 0.476. The normalized spacial score (nSPS) is 10.4. The van der Waals surface area contributed by atoms with E-state index >= 15 is 0 Å². The van der Waals surface area contributed by atoms with Gasteiger partial charge in [0.2, 0.25) is 0 Å². The summed E-state index contributed by atoms with van der Waals surface area (Å²) >= 11 is 0. The van der Waals surface area contributed by atoms with Crippen molar-refractivity contribution in [3.63, 3.8) is 0 Å². The first-order valence-electron chi connectivity index (χ1n) is 8.95. The molecule has 1 heterocycles.